The zero-order valence-corrected chi connectivity index (χ0v) is 36.3. The van der Waals surface area contributed by atoms with Gasteiger partial charge >= 0.3 is 13.8 Å². The normalized spacial score (nSPS) is 13.2. The van der Waals surface area contributed by atoms with Crippen LogP contribution in [0.3, 0.4) is 0 Å². The highest BCUT2D eigenvalue weighted by molar-refractivity contribution is 7.47. The zero-order valence-electron chi connectivity index (χ0n) is 35.4. The third kappa shape index (κ3) is 42.2. The fourth-order valence-electron chi connectivity index (χ4n) is 6.79. The first-order valence-corrected chi connectivity index (χ1v) is 24.5. The van der Waals surface area contributed by atoms with E-state index in [0.717, 1.165) is 38.5 Å². The average Bonchev–Trinajstić information content (AvgIpc) is 3.16. The lowest BCUT2D eigenvalue weighted by molar-refractivity contribution is -0.147. The lowest BCUT2D eigenvalue weighted by atomic mass is 10.0. The molecule has 0 aliphatic heterocycles. The summed E-state index contributed by atoms with van der Waals surface area (Å²) in [6.45, 7) is 3.57. The Morgan fingerprint density at radius 3 is 1.20 bits per heavy atom. The standard InChI is InChI=1S/C44H88NO8P/c1-3-5-7-9-11-13-14-15-16-17-18-19-20-21-22-23-24-25-26-27-29-31-33-35-37-44(48)51-40-42(46)41-53-54(49,50)52-39-38-45-43(47)36-34-32-30-28-12-10-8-6-4-2/h42,46H,3-41H2,1-2H3,(H,45,47)(H,49,50). The van der Waals surface area contributed by atoms with Crippen LogP contribution in [-0.2, 0) is 27.9 Å². The van der Waals surface area contributed by atoms with Gasteiger partial charge in [-0.15, -0.1) is 0 Å². The Kier molecular flexibility index (Phi) is 40.9. The van der Waals surface area contributed by atoms with Crippen LogP contribution in [-0.4, -0.2) is 54.3 Å². The quantitative estimate of drug-likeness (QED) is 0.0316. The maximum atomic E-state index is 12.1. The van der Waals surface area contributed by atoms with Gasteiger partial charge in [-0.2, -0.15) is 0 Å². The number of phosphoric acid groups is 1. The van der Waals surface area contributed by atoms with Crippen molar-refractivity contribution < 1.29 is 37.9 Å². The number of hydrogen-bond acceptors (Lipinski definition) is 7. The molecule has 54 heavy (non-hydrogen) atoms. The minimum absolute atomic E-state index is 0.0873. The van der Waals surface area contributed by atoms with E-state index < -0.39 is 26.5 Å². The van der Waals surface area contributed by atoms with Gasteiger partial charge in [0.05, 0.1) is 13.2 Å². The van der Waals surface area contributed by atoms with Crippen LogP contribution in [0.2, 0.25) is 0 Å². The number of nitrogens with one attached hydrogen (secondary N) is 1. The van der Waals surface area contributed by atoms with Gasteiger partial charge in [-0.1, -0.05) is 213 Å². The van der Waals surface area contributed by atoms with E-state index in [2.05, 4.69) is 19.2 Å². The number of aliphatic hydroxyl groups is 1. The molecule has 0 fully saturated rings. The molecule has 0 spiro atoms. The highest BCUT2D eigenvalue weighted by Crippen LogP contribution is 2.42. The Balaban J connectivity index is 3.48. The predicted octanol–water partition coefficient (Wildman–Crippen LogP) is 12.8. The van der Waals surface area contributed by atoms with E-state index in [1.54, 1.807) is 0 Å². The van der Waals surface area contributed by atoms with Crippen LogP contribution in [0.25, 0.3) is 0 Å². The van der Waals surface area contributed by atoms with Crippen molar-refractivity contribution in [1.82, 2.24) is 5.32 Å². The van der Waals surface area contributed by atoms with Crippen molar-refractivity contribution in [2.24, 2.45) is 0 Å². The molecular formula is C44H88NO8P. The molecule has 0 aliphatic carbocycles. The molecule has 322 valence electrons. The fraction of sp³-hybridized carbons (Fsp3) is 0.955. The number of rotatable bonds is 44. The number of ether oxygens (including phenoxy) is 1. The Morgan fingerprint density at radius 1 is 0.500 bits per heavy atom. The molecule has 0 aromatic rings. The van der Waals surface area contributed by atoms with Gasteiger partial charge in [0.25, 0.3) is 0 Å². The number of esters is 1. The third-order valence-electron chi connectivity index (χ3n) is 10.3. The van der Waals surface area contributed by atoms with Crippen molar-refractivity contribution in [3.05, 3.63) is 0 Å². The SMILES string of the molecule is CCCCCCCCCCCCCCCCCCCCCCCCCCC(=O)OCC(O)COP(=O)(O)OCCNC(=O)CCCCCCCCCCC. The molecular weight excluding hydrogens is 701 g/mol. The molecule has 0 rings (SSSR count). The molecule has 0 aliphatic rings. The van der Waals surface area contributed by atoms with Gasteiger partial charge in [0, 0.05) is 19.4 Å². The second-order valence-electron chi connectivity index (χ2n) is 15.7. The van der Waals surface area contributed by atoms with Gasteiger partial charge in [-0.25, -0.2) is 4.57 Å². The lowest BCUT2D eigenvalue weighted by Gasteiger charge is -2.15. The molecule has 0 heterocycles. The van der Waals surface area contributed by atoms with Crippen molar-refractivity contribution in [2.75, 3.05) is 26.4 Å². The minimum atomic E-state index is -4.40. The summed E-state index contributed by atoms with van der Waals surface area (Å²) >= 11 is 0. The summed E-state index contributed by atoms with van der Waals surface area (Å²) in [5.74, 6) is -0.507. The predicted molar refractivity (Wildman–Crippen MR) is 225 cm³/mol. The van der Waals surface area contributed by atoms with Gasteiger partial charge in [-0.3, -0.25) is 18.6 Å². The summed E-state index contributed by atoms with van der Waals surface area (Å²) in [5.41, 5.74) is 0. The van der Waals surface area contributed by atoms with Crippen LogP contribution in [0, 0.1) is 0 Å². The van der Waals surface area contributed by atoms with Gasteiger partial charge in [0.15, 0.2) is 0 Å². The smallest absolute Gasteiger partial charge is 0.463 e. The summed E-state index contributed by atoms with van der Waals surface area (Å²) in [5, 5.41) is 12.7. The molecule has 2 atom stereocenters. The topological polar surface area (TPSA) is 131 Å². The van der Waals surface area contributed by atoms with Gasteiger partial charge in [-0.05, 0) is 12.8 Å². The van der Waals surface area contributed by atoms with Crippen molar-refractivity contribution in [3.8, 4) is 0 Å². The molecule has 2 unspecified atom stereocenters. The van der Waals surface area contributed by atoms with E-state index in [4.69, 9.17) is 13.8 Å². The van der Waals surface area contributed by atoms with Crippen molar-refractivity contribution in [1.29, 1.82) is 0 Å². The largest absolute Gasteiger partial charge is 0.472 e. The highest BCUT2D eigenvalue weighted by Gasteiger charge is 2.23. The van der Waals surface area contributed by atoms with Crippen LogP contribution in [0.15, 0.2) is 0 Å². The van der Waals surface area contributed by atoms with Crippen LogP contribution in [0.1, 0.15) is 239 Å². The average molecular weight is 790 g/mol. The summed E-state index contributed by atoms with van der Waals surface area (Å²) in [4.78, 5) is 33.8. The molecule has 0 aromatic heterocycles. The zero-order chi connectivity index (χ0) is 39.6. The molecule has 0 bridgehead atoms. The molecule has 0 saturated heterocycles. The number of aliphatic hydroxyl groups excluding tert-OH is 1. The number of phosphoric ester groups is 1. The Morgan fingerprint density at radius 2 is 0.833 bits per heavy atom. The molecule has 0 radical (unpaired) electrons. The molecule has 9 nitrogen and oxygen atoms in total. The van der Waals surface area contributed by atoms with Gasteiger partial charge in [0.2, 0.25) is 5.91 Å². The Labute approximate surface area is 333 Å². The van der Waals surface area contributed by atoms with E-state index in [0.29, 0.717) is 12.8 Å². The van der Waals surface area contributed by atoms with Crippen LogP contribution >= 0.6 is 7.82 Å². The maximum Gasteiger partial charge on any atom is 0.472 e. The lowest BCUT2D eigenvalue weighted by Crippen LogP contribution is -2.27. The number of carbonyl (C=O) groups is 2. The van der Waals surface area contributed by atoms with E-state index in [-0.39, 0.29) is 25.7 Å². The molecule has 1 amide bonds. The van der Waals surface area contributed by atoms with E-state index in [1.807, 2.05) is 0 Å². The van der Waals surface area contributed by atoms with Crippen LogP contribution in [0.4, 0.5) is 0 Å². The first-order chi connectivity index (χ1) is 26.3. The molecule has 0 aromatic carbocycles. The number of hydrogen-bond donors (Lipinski definition) is 3. The van der Waals surface area contributed by atoms with E-state index in [9.17, 15) is 24.2 Å². The Hall–Kier alpha value is -0.990. The molecule has 0 saturated carbocycles. The first-order valence-electron chi connectivity index (χ1n) is 23.0. The number of unbranched alkanes of at least 4 members (excludes halogenated alkanes) is 31. The van der Waals surface area contributed by atoms with Crippen LogP contribution < -0.4 is 5.32 Å². The van der Waals surface area contributed by atoms with Crippen molar-refractivity contribution in [2.45, 2.75) is 245 Å². The molecule has 3 N–H and O–H groups in total. The second kappa shape index (κ2) is 41.6. The highest BCUT2D eigenvalue weighted by atomic mass is 31.2. The second-order valence-corrected chi connectivity index (χ2v) is 17.2. The van der Waals surface area contributed by atoms with Crippen LogP contribution in [0.5, 0.6) is 0 Å². The van der Waals surface area contributed by atoms with Crippen molar-refractivity contribution >= 4 is 19.7 Å². The van der Waals surface area contributed by atoms with E-state index in [1.165, 1.54) is 173 Å². The third-order valence-corrected chi connectivity index (χ3v) is 11.3. The minimum Gasteiger partial charge on any atom is -0.463 e. The van der Waals surface area contributed by atoms with Gasteiger partial charge in [0.1, 0.15) is 12.7 Å². The summed E-state index contributed by atoms with van der Waals surface area (Å²) < 4.78 is 26.8. The maximum absolute atomic E-state index is 12.1. The van der Waals surface area contributed by atoms with Crippen molar-refractivity contribution in [3.63, 3.8) is 0 Å². The molecule has 10 heteroatoms. The monoisotopic (exact) mass is 790 g/mol. The summed E-state index contributed by atoms with van der Waals surface area (Å²) in [6, 6.07) is 0. The Bertz CT molecular complexity index is 860. The summed E-state index contributed by atoms with van der Waals surface area (Å²) in [7, 11) is -4.40. The van der Waals surface area contributed by atoms with E-state index >= 15 is 0 Å². The summed E-state index contributed by atoms with van der Waals surface area (Å²) in [6.07, 6.45) is 42.0. The first kappa shape index (κ1) is 53.0. The van der Waals surface area contributed by atoms with Gasteiger partial charge < -0.3 is 20.1 Å². The fourth-order valence-corrected chi connectivity index (χ4v) is 7.55. The number of amides is 1. The number of carbonyl (C=O) groups excluding carboxylic acids is 2.